The van der Waals surface area contributed by atoms with Crippen molar-refractivity contribution in [2.45, 2.75) is 13.8 Å². The predicted octanol–water partition coefficient (Wildman–Crippen LogP) is 7.12. The van der Waals surface area contributed by atoms with Gasteiger partial charge in [0, 0.05) is 11.8 Å². The number of aliphatic hydroxyl groups is 1. The molecule has 3 rings (SSSR count). The van der Waals surface area contributed by atoms with E-state index in [2.05, 4.69) is 53.0 Å². The van der Waals surface area contributed by atoms with Gasteiger partial charge in [0.1, 0.15) is 11.4 Å². The van der Waals surface area contributed by atoms with Crippen molar-refractivity contribution in [3.05, 3.63) is 89.8 Å². The van der Waals surface area contributed by atoms with Crippen LogP contribution in [-0.4, -0.2) is 32.2 Å². The van der Waals surface area contributed by atoms with Crippen molar-refractivity contribution >= 4 is 34.3 Å². The number of hydrogen-bond donors (Lipinski definition) is 2. The first-order chi connectivity index (χ1) is 16.1. The summed E-state index contributed by atoms with van der Waals surface area (Å²) >= 11 is 0. The second kappa shape index (κ2) is 10.6. The number of anilines is 1. The van der Waals surface area contributed by atoms with Gasteiger partial charge in [0.05, 0.1) is 38.2 Å². The van der Waals surface area contributed by atoms with Crippen LogP contribution in [0.4, 0.5) is 28.4 Å². The van der Waals surface area contributed by atoms with E-state index in [-0.39, 0.29) is 11.5 Å². The van der Waals surface area contributed by atoms with Gasteiger partial charge in [-0.1, -0.05) is 24.3 Å². The summed E-state index contributed by atoms with van der Waals surface area (Å²) < 4.78 is 0.690. The molecule has 174 valence electrons. The largest absolute Gasteiger partial charge is 0.510 e. The molecule has 0 heterocycles. The third-order valence-electron chi connectivity index (χ3n) is 4.91. The molecule has 0 saturated heterocycles. The van der Waals surface area contributed by atoms with Crippen LogP contribution in [0.1, 0.15) is 12.5 Å². The van der Waals surface area contributed by atoms with Crippen LogP contribution in [0.2, 0.25) is 0 Å². The number of rotatable bonds is 7. The summed E-state index contributed by atoms with van der Waals surface area (Å²) in [5, 5.41) is 29.4. The van der Waals surface area contributed by atoms with Crippen LogP contribution < -0.4 is 9.80 Å². The second-order valence-electron chi connectivity index (χ2n) is 8.66. The summed E-state index contributed by atoms with van der Waals surface area (Å²) in [4.78, 5) is 12.5. The second-order valence-corrected chi connectivity index (χ2v) is 8.66. The molecule has 0 unspecified atom stereocenters. The summed E-state index contributed by atoms with van der Waals surface area (Å²) in [5.74, 6) is -0.774. The highest BCUT2D eigenvalue weighted by Gasteiger charge is 2.14. The molecule has 34 heavy (non-hydrogen) atoms. The van der Waals surface area contributed by atoms with E-state index >= 15 is 0 Å². The molecule has 0 saturated carbocycles. The lowest BCUT2D eigenvalue weighted by molar-refractivity contribution is -0.113. The van der Waals surface area contributed by atoms with Crippen molar-refractivity contribution in [1.29, 1.82) is 0 Å². The van der Waals surface area contributed by atoms with Crippen LogP contribution in [0.5, 0.6) is 0 Å². The highest BCUT2D eigenvalue weighted by Crippen LogP contribution is 2.28. The molecule has 0 aromatic heterocycles. The number of quaternary nitrogens is 1. The van der Waals surface area contributed by atoms with Crippen LogP contribution in [0, 0.1) is 6.92 Å². The first kappa shape index (κ1) is 24.5. The van der Waals surface area contributed by atoms with E-state index in [1.807, 2.05) is 31.2 Å². The lowest BCUT2D eigenvalue weighted by atomic mass is 10.2. The molecule has 0 bridgehead atoms. The number of aryl methyl sites for hydroxylation is 1. The Hall–Kier alpha value is -4.17. The van der Waals surface area contributed by atoms with Crippen LogP contribution in [-0.2, 0) is 4.79 Å². The molecular weight excluding hydrogens is 428 g/mol. The number of allylic oxidation sites excluding steroid dienone is 1. The standard InChI is InChI=1S/C26H28N6O2/c1-18-16-22(29-31-25(19(2)33)26(34)27-20-10-7-6-8-11-20)14-15-24(18)30-28-21-12-9-13-23(17-21)32(3,4)5/h6-17H,1-5H3,(H-,27,28,29,33,34)/p+1. The third kappa shape index (κ3) is 6.66. The van der Waals surface area contributed by atoms with Crippen LogP contribution in [0.3, 0.4) is 0 Å². The van der Waals surface area contributed by atoms with Gasteiger partial charge in [-0.05, 0) is 61.9 Å². The first-order valence-corrected chi connectivity index (χ1v) is 10.8. The molecule has 0 aliphatic carbocycles. The van der Waals surface area contributed by atoms with E-state index in [1.165, 1.54) is 6.92 Å². The highest BCUT2D eigenvalue weighted by atomic mass is 16.3. The number of nitrogens with one attached hydrogen (secondary N) is 1. The average molecular weight is 458 g/mol. The summed E-state index contributed by atoms with van der Waals surface area (Å²) in [6.45, 7) is 3.28. The van der Waals surface area contributed by atoms with Gasteiger partial charge in [0.15, 0.2) is 5.70 Å². The van der Waals surface area contributed by atoms with Gasteiger partial charge in [-0.15, -0.1) is 5.11 Å². The van der Waals surface area contributed by atoms with Gasteiger partial charge in [-0.2, -0.15) is 15.3 Å². The zero-order valence-electron chi connectivity index (χ0n) is 20.0. The molecule has 2 N–H and O–H groups in total. The van der Waals surface area contributed by atoms with Crippen LogP contribution in [0.25, 0.3) is 0 Å². The predicted molar refractivity (Wildman–Crippen MR) is 136 cm³/mol. The Labute approximate surface area is 199 Å². The van der Waals surface area contributed by atoms with Gasteiger partial charge in [0.2, 0.25) is 0 Å². The van der Waals surface area contributed by atoms with E-state index in [0.29, 0.717) is 21.5 Å². The summed E-state index contributed by atoms with van der Waals surface area (Å²) in [6.07, 6.45) is 0. The Morgan fingerprint density at radius 3 is 2.21 bits per heavy atom. The molecule has 0 aliphatic rings. The maximum atomic E-state index is 12.5. The van der Waals surface area contributed by atoms with E-state index in [0.717, 1.165) is 16.9 Å². The Morgan fingerprint density at radius 2 is 1.56 bits per heavy atom. The van der Waals surface area contributed by atoms with E-state index < -0.39 is 5.91 Å². The molecule has 0 radical (unpaired) electrons. The van der Waals surface area contributed by atoms with E-state index in [1.54, 1.807) is 42.5 Å². The number of aliphatic hydroxyl groups excluding tert-OH is 1. The number of benzene rings is 3. The van der Waals surface area contributed by atoms with Crippen LogP contribution >= 0.6 is 0 Å². The Kier molecular flexibility index (Phi) is 7.65. The summed E-state index contributed by atoms with van der Waals surface area (Å²) in [6, 6.07) is 22.2. The van der Waals surface area contributed by atoms with Crippen LogP contribution in [0.15, 0.2) is 105 Å². The Bertz CT molecular complexity index is 1250. The molecule has 8 heteroatoms. The van der Waals surface area contributed by atoms with E-state index in [4.69, 9.17) is 0 Å². The molecular formula is C26H29N6O2+. The minimum atomic E-state index is -0.548. The smallest absolute Gasteiger partial charge is 0.279 e. The monoisotopic (exact) mass is 457 g/mol. The summed E-state index contributed by atoms with van der Waals surface area (Å²) in [7, 11) is 6.29. The van der Waals surface area contributed by atoms with Gasteiger partial charge in [-0.25, -0.2) is 0 Å². The molecule has 3 aromatic rings. The molecule has 0 aliphatic heterocycles. The fraction of sp³-hybridized carbons (Fsp3) is 0.192. The lowest BCUT2D eigenvalue weighted by Crippen LogP contribution is -2.34. The van der Waals surface area contributed by atoms with E-state index in [9.17, 15) is 9.90 Å². The molecule has 0 fully saturated rings. The van der Waals surface area contributed by atoms with Gasteiger partial charge < -0.3 is 10.4 Å². The number of carbonyl (C=O) groups is 1. The third-order valence-corrected chi connectivity index (χ3v) is 4.91. The quantitative estimate of drug-likeness (QED) is 0.171. The minimum absolute atomic E-state index is 0.164. The molecule has 0 atom stereocenters. The van der Waals surface area contributed by atoms with Crippen molar-refractivity contribution < 1.29 is 9.90 Å². The van der Waals surface area contributed by atoms with Crippen molar-refractivity contribution in [2.75, 3.05) is 26.5 Å². The van der Waals surface area contributed by atoms with Gasteiger partial charge in [-0.3, -0.25) is 9.28 Å². The number of carbonyl (C=O) groups excluding carboxylic acids is 1. The van der Waals surface area contributed by atoms with Crippen molar-refractivity contribution in [3.63, 3.8) is 0 Å². The Morgan fingerprint density at radius 1 is 0.853 bits per heavy atom. The fourth-order valence-corrected chi connectivity index (χ4v) is 3.00. The first-order valence-electron chi connectivity index (χ1n) is 10.8. The molecule has 3 aromatic carbocycles. The maximum Gasteiger partial charge on any atom is 0.279 e. The topological polar surface area (TPSA) is 98.8 Å². The summed E-state index contributed by atoms with van der Waals surface area (Å²) in [5.41, 5.74) is 4.40. The maximum absolute atomic E-state index is 12.5. The molecule has 8 nitrogen and oxygen atoms in total. The average Bonchev–Trinajstić information content (AvgIpc) is 2.78. The van der Waals surface area contributed by atoms with Crippen molar-refractivity contribution in [3.8, 4) is 0 Å². The molecule has 0 spiro atoms. The highest BCUT2D eigenvalue weighted by molar-refractivity contribution is 6.03. The van der Waals surface area contributed by atoms with Crippen molar-refractivity contribution in [2.24, 2.45) is 20.5 Å². The number of hydrogen-bond acceptors (Lipinski definition) is 6. The lowest BCUT2D eigenvalue weighted by Gasteiger charge is -2.23. The van der Waals surface area contributed by atoms with Gasteiger partial charge >= 0.3 is 0 Å². The SMILES string of the molecule is C/C(O)=C(/N=Nc1ccc(N=Nc2cccc([N+](C)(C)C)c2)c(C)c1)C(=O)Nc1ccccc1. The van der Waals surface area contributed by atoms with Gasteiger partial charge in [0.25, 0.3) is 5.91 Å². The number of para-hydroxylation sites is 1. The van der Waals surface area contributed by atoms with Crippen molar-refractivity contribution in [1.82, 2.24) is 4.48 Å². The molecule has 1 amide bonds. The number of nitrogens with zero attached hydrogens (tertiary/aromatic N) is 5. The zero-order valence-corrected chi connectivity index (χ0v) is 20.0. The zero-order chi connectivity index (χ0) is 24.7. The fourth-order valence-electron chi connectivity index (χ4n) is 3.00. The Balaban J connectivity index is 1.74. The normalized spacial score (nSPS) is 12.7. The number of amides is 1. The minimum Gasteiger partial charge on any atom is -0.510 e. The number of azo groups is 2.